The van der Waals surface area contributed by atoms with Crippen LogP contribution < -0.4 is 0 Å². The Balaban J connectivity index is 1.43. The largest absolute Gasteiger partial charge is 0.416 e. The van der Waals surface area contributed by atoms with E-state index in [9.17, 15) is 26.3 Å². The number of thiophene rings is 1. The minimum Gasteiger partial charge on any atom is -0.241 e. The number of aryl methyl sites for hydroxylation is 1. The Hall–Kier alpha value is -3.33. The minimum atomic E-state index is -4.90. The fourth-order valence-corrected chi connectivity index (χ4v) is 6.04. The van der Waals surface area contributed by atoms with E-state index in [-0.39, 0.29) is 29.9 Å². The average Bonchev–Trinajstić information content (AvgIpc) is 3.40. The van der Waals surface area contributed by atoms with Gasteiger partial charge in [-0.15, -0.1) is 11.3 Å². The predicted molar refractivity (Wildman–Crippen MR) is 139 cm³/mol. The van der Waals surface area contributed by atoms with Crippen LogP contribution >= 0.6 is 11.3 Å². The van der Waals surface area contributed by atoms with Crippen LogP contribution in [0.15, 0.2) is 66.9 Å². The Morgan fingerprint density at radius 3 is 2.42 bits per heavy atom. The van der Waals surface area contributed by atoms with Crippen LogP contribution in [0.1, 0.15) is 34.2 Å². The highest BCUT2D eigenvalue weighted by Crippen LogP contribution is 2.41. The maximum Gasteiger partial charge on any atom is 0.416 e. The summed E-state index contributed by atoms with van der Waals surface area (Å²) in [5, 5.41) is 5.78. The number of alkyl halides is 6. The molecular weight excluding hydrogens is 522 g/mol. The molecule has 0 amide bonds. The third kappa shape index (κ3) is 4.91. The quantitative estimate of drug-likeness (QED) is 0.233. The normalized spacial score (nSPS) is 18.3. The van der Waals surface area contributed by atoms with Crippen LogP contribution in [0.2, 0.25) is 0 Å². The van der Waals surface area contributed by atoms with E-state index in [2.05, 4.69) is 30.2 Å². The molecule has 9 heteroatoms. The predicted octanol–water partition coefficient (Wildman–Crippen LogP) is 9.32. The SMILES string of the molecule is Cc1cc2ccc(-c3cnn(C4=CC=CC(Cc5ccc(C(F)(F)F)cc5C(F)(F)F)C4C)c3C)cc2s1. The first-order valence-corrected chi connectivity index (χ1v) is 12.9. The van der Waals surface area contributed by atoms with Crippen molar-refractivity contribution in [1.29, 1.82) is 0 Å². The Labute approximate surface area is 219 Å². The lowest BCUT2D eigenvalue weighted by molar-refractivity contribution is -0.143. The first-order valence-electron chi connectivity index (χ1n) is 12.0. The number of hydrogen-bond donors (Lipinski definition) is 0. The van der Waals surface area contributed by atoms with E-state index < -0.39 is 23.5 Å². The lowest BCUT2D eigenvalue weighted by atomic mass is 9.81. The van der Waals surface area contributed by atoms with Crippen molar-refractivity contribution < 1.29 is 26.3 Å². The van der Waals surface area contributed by atoms with Crippen molar-refractivity contribution in [3.05, 3.63) is 94.2 Å². The molecular formula is C29H24F6N2S. The number of rotatable bonds is 4. The third-order valence-electron chi connectivity index (χ3n) is 7.14. The van der Waals surface area contributed by atoms with E-state index in [1.807, 2.05) is 26.0 Å². The van der Waals surface area contributed by atoms with Crippen molar-refractivity contribution in [2.75, 3.05) is 0 Å². The summed E-state index contributed by atoms with van der Waals surface area (Å²) in [4.78, 5) is 1.23. The van der Waals surface area contributed by atoms with Gasteiger partial charge in [0.2, 0.25) is 0 Å². The Morgan fingerprint density at radius 2 is 1.71 bits per heavy atom. The number of hydrogen-bond acceptors (Lipinski definition) is 2. The molecule has 5 rings (SSSR count). The van der Waals surface area contributed by atoms with E-state index in [1.54, 1.807) is 34.4 Å². The zero-order valence-corrected chi connectivity index (χ0v) is 21.6. The number of fused-ring (bicyclic) bond motifs is 1. The van der Waals surface area contributed by atoms with Gasteiger partial charge in [0.05, 0.1) is 17.3 Å². The summed E-state index contributed by atoms with van der Waals surface area (Å²) in [6.45, 7) is 5.92. The third-order valence-corrected chi connectivity index (χ3v) is 8.15. The monoisotopic (exact) mass is 546 g/mol. The smallest absolute Gasteiger partial charge is 0.241 e. The van der Waals surface area contributed by atoms with Crippen LogP contribution in [-0.2, 0) is 18.8 Å². The molecule has 0 aliphatic heterocycles. The van der Waals surface area contributed by atoms with Crippen molar-refractivity contribution in [1.82, 2.24) is 9.78 Å². The van der Waals surface area contributed by atoms with Gasteiger partial charge in [0, 0.05) is 32.4 Å². The molecule has 2 aromatic carbocycles. The maximum atomic E-state index is 13.7. The molecule has 0 bridgehead atoms. The molecule has 2 unspecified atom stereocenters. The van der Waals surface area contributed by atoms with Crippen molar-refractivity contribution in [2.24, 2.45) is 11.8 Å². The lowest BCUT2D eigenvalue weighted by Crippen LogP contribution is -2.22. The zero-order chi connectivity index (χ0) is 27.4. The van der Waals surface area contributed by atoms with Gasteiger partial charge < -0.3 is 0 Å². The summed E-state index contributed by atoms with van der Waals surface area (Å²) in [5.41, 5.74) is 0.978. The first-order chi connectivity index (χ1) is 17.8. The van der Waals surface area contributed by atoms with Gasteiger partial charge in [0.1, 0.15) is 0 Å². The van der Waals surface area contributed by atoms with Crippen molar-refractivity contribution in [3.63, 3.8) is 0 Å². The lowest BCUT2D eigenvalue weighted by Gasteiger charge is -2.28. The average molecular weight is 547 g/mol. The second-order valence-electron chi connectivity index (χ2n) is 9.67. The second kappa shape index (κ2) is 9.45. The second-order valence-corrected chi connectivity index (χ2v) is 11.0. The molecule has 1 aliphatic rings. The van der Waals surface area contributed by atoms with Gasteiger partial charge in [0.25, 0.3) is 0 Å². The molecule has 0 fully saturated rings. The molecule has 0 saturated carbocycles. The Kier molecular flexibility index (Phi) is 6.54. The van der Waals surface area contributed by atoms with Crippen molar-refractivity contribution in [2.45, 2.75) is 39.5 Å². The highest BCUT2D eigenvalue weighted by Gasteiger charge is 2.39. The molecule has 1 aliphatic carbocycles. The van der Waals surface area contributed by atoms with Crippen LogP contribution in [0, 0.1) is 25.7 Å². The van der Waals surface area contributed by atoms with Crippen LogP contribution in [0.3, 0.4) is 0 Å². The molecule has 0 N–H and O–H groups in total. The summed E-state index contributed by atoms with van der Waals surface area (Å²) >= 11 is 1.72. The standard InChI is InChI=1S/C29H24F6N2S/c1-16-11-22-8-7-20(13-27(22)38-16)24-15-36-37(18(24)3)26-6-4-5-19(17(26)2)12-21-9-10-23(28(30,31)32)14-25(21)29(33,34)35/h4-11,13-15,17,19H,12H2,1-3H3. The van der Waals surface area contributed by atoms with Crippen molar-refractivity contribution in [3.8, 4) is 11.1 Å². The zero-order valence-electron chi connectivity index (χ0n) is 20.8. The molecule has 198 valence electrons. The van der Waals surface area contributed by atoms with Gasteiger partial charge in [-0.05, 0) is 73.0 Å². The summed E-state index contributed by atoms with van der Waals surface area (Å²) in [7, 11) is 0. The van der Waals surface area contributed by atoms with Crippen LogP contribution in [-0.4, -0.2) is 9.78 Å². The number of allylic oxidation sites excluding steroid dienone is 4. The van der Waals surface area contributed by atoms with Gasteiger partial charge >= 0.3 is 12.4 Å². The Morgan fingerprint density at radius 1 is 0.947 bits per heavy atom. The summed E-state index contributed by atoms with van der Waals surface area (Å²) < 4.78 is 83.4. The van der Waals surface area contributed by atoms with Crippen LogP contribution in [0.25, 0.3) is 26.9 Å². The number of nitrogens with zero attached hydrogens (tertiary/aromatic N) is 2. The fourth-order valence-electron chi connectivity index (χ4n) is 5.08. The number of benzene rings is 2. The van der Waals surface area contributed by atoms with Gasteiger partial charge in [-0.1, -0.05) is 37.3 Å². The molecule has 2 heterocycles. The minimum absolute atomic E-state index is 0.0520. The van der Waals surface area contributed by atoms with Gasteiger partial charge in [-0.25, -0.2) is 4.68 Å². The summed E-state index contributed by atoms with van der Waals surface area (Å²) in [6.07, 6.45) is -2.55. The molecule has 0 saturated heterocycles. The molecule has 0 radical (unpaired) electrons. The molecule has 2 nitrogen and oxygen atoms in total. The molecule has 0 spiro atoms. The fraction of sp³-hybridized carbons (Fsp3) is 0.276. The van der Waals surface area contributed by atoms with E-state index in [0.29, 0.717) is 6.07 Å². The first kappa shape index (κ1) is 26.3. The van der Waals surface area contributed by atoms with E-state index in [4.69, 9.17) is 0 Å². The molecule has 2 atom stereocenters. The summed E-state index contributed by atoms with van der Waals surface area (Å²) in [5.74, 6) is -0.581. The molecule has 2 aromatic heterocycles. The summed E-state index contributed by atoms with van der Waals surface area (Å²) in [6, 6.07) is 10.3. The van der Waals surface area contributed by atoms with E-state index in [1.165, 1.54) is 15.0 Å². The highest BCUT2D eigenvalue weighted by molar-refractivity contribution is 7.19. The van der Waals surface area contributed by atoms with E-state index >= 15 is 0 Å². The topological polar surface area (TPSA) is 17.8 Å². The number of aromatic nitrogens is 2. The maximum absolute atomic E-state index is 13.7. The van der Waals surface area contributed by atoms with Gasteiger partial charge in [-0.2, -0.15) is 31.4 Å². The van der Waals surface area contributed by atoms with Crippen LogP contribution in [0.4, 0.5) is 26.3 Å². The Bertz CT molecular complexity index is 1570. The van der Waals surface area contributed by atoms with Gasteiger partial charge in [0.15, 0.2) is 0 Å². The number of halogens is 6. The van der Waals surface area contributed by atoms with Gasteiger partial charge in [-0.3, -0.25) is 0 Å². The molecule has 38 heavy (non-hydrogen) atoms. The van der Waals surface area contributed by atoms with E-state index in [0.717, 1.165) is 28.6 Å². The van der Waals surface area contributed by atoms with Crippen LogP contribution in [0.5, 0.6) is 0 Å². The molecule has 4 aromatic rings. The highest BCUT2D eigenvalue weighted by atomic mass is 32.1. The van der Waals surface area contributed by atoms with Crippen molar-refractivity contribution >= 4 is 27.1 Å².